The highest BCUT2D eigenvalue weighted by Crippen LogP contribution is 2.22. The van der Waals surface area contributed by atoms with Crippen LogP contribution >= 0.6 is 0 Å². The van der Waals surface area contributed by atoms with Gasteiger partial charge < -0.3 is 5.11 Å². The first-order chi connectivity index (χ1) is 6.81. The number of hydrogen-bond acceptors (Lipinski definition) is 2. The number of aliphatic hydroxyl groups is 1. The van der Waals surface area contributed by atoms with Crippen LogP contribution in [0.3, 0.4) is 0 Å². The van der Waals surface area contributed by atoms with E-state index in [1.165, 1.54) is 0 Å². The Labute approximate surface area is 82.6 Å². The molecule has 14 heavy (non-hydrogen) atoms. The number of fused-ring (bicyclic) bond motifs is 1. The van der Waals surface area contributed by atoms with Crippen molar-refractivity contribution in [1.29, 1.82) is 0 Å². The van der Waals surface area contributed by atoms with Crippen LogP contribution < -0.4 is 0 Å². The quantitative estimate of drug-likeness (QED) is 0.617. The minimum atomic E-state index is -0.129. The summed E-state index contributed by atoms with van der Waals surface area (Å²) in [6.45, 7) is -0.129. The number of carbonyl (C=O) groups excluding carboxylic acids is 1. The van der Waals surface area contributed by atoms with Crippen molar-refractivity contribution in [2.45, 2.75) is 12.8 Å². The maximum atomic E-state index is 11.3. The van der Waals surface area contributed by atoms with Crippen LogP contribution in [0.2, 0.25) is 0 Å². The second-order valence-corrected chi connectivity index (χ2v) is 3.25. The van der Waals surface area contributed by atoms with E-state index >= 15 is 0 Å². The fourth-order valence-electron chi connectivity index (χ4n) is 1.67. The molecular formula is C12H10O2. The molecule has 0 aliphatic heterocycles. The third kappa shape index (κ3) is 1.55. The van der Waals surface area contributed by atoms with Gasteiger partial charge in [0.15, 0.2) is 5.78 Å². The van der Waals surface area contributed by atoms with Gasteiger partial charge in [-0.3, -0.25) is 4.79 Å². The van der Waals surface area contributed by atoms with Crippen LogP contribution in [-0.2, 0) is 6.42 Å². The zero-order chi connectivity index (χ0) is 9.97. The highest BCUT2D eigenvalue weighted by molar-refractivity contribution is 6.00. The van der Waals surface area contributed by atoms with Gasteiger partial charge in [0.1, 0.15) is 6.61 Å². The predicted octanol–water partition coefficient (Wildman–Crippen LogP) is 1.16. The van der Waals surface area contributed by atoms with E-state index in [1.54, 1.807) is 0 Å². The number of benzene rings is 1. The van der Waals surface area contributed by atoms with Gasteiger partial charge in [-0.15, -0.1) is 0 Å². The number of Topliss-reactive ketones (excluding diaryl/α,β-unsaturated/α-hetero) is 1. The Balaban J connectivity index is 2.37. The molecule has 1 aromatic carbocycles. The largest absolute Gasteiger partial charge is 0.384 e. The predicted molar refractivity (Wildman–Crippen MR) is 53.1 cm³/mol. The van der Waals surface area contributed by atoms with Crippen LogP contribution in [0.1, 0.15) is 27.9 Å². The van der Waals surface area contributed by atoms with Gasteiger partial charge in [0, 0.05) is 17.5 Å². The molecule has 0 amide bonds. The lowest BCUT2D eigenvalue weighted by Crippen LogP contribution is -1.90. The summed E-state index contributed by atoms with van der Waals surface area (Å²) < 4.78 is 0. The number of aryl methyl sites for hydroxylation is 1. The van der Waals surface area contributed by atoms with E-state index in [-0.39, 0.29) is 12.4 Å². The van der Waals surface area contributed by atoms with E-state index in [9.17, 15) is 4.79 Å². The maximum absolute atomic E-state index is 11.3. The monoisotopic (exact) mass is 186 g/mol. The Morgan fingerprint density at radius 3 is 3.00 bits per heavy atom. The minimum absolute atomic E-state index is 0.129. The van der Waals surface area contributed by atoms with Crippen molar-refractivity contribution in [3.8, 4) is 11.8 Å². The summed E-state index contributed by atoms with van der Waals surface area (Å²) in [6.07, 6.45) is 1.44. The molecule has 1 N–H and O–H groups in total. The summed E-state index contributed by atoms with van der Waals surface area (Å²) in [7, 11) is 0. The Morgan fingerprint density at radius 2 is 2.21 bits per heavy atom. The van der Waals surface area contributed by atoms with E-state index in [0.717, 1.165) is 23.1 Å². The molecule has 0 radical (unpaired) electrons. The molecule has 1 aliphatic carbocycles. The molecular weight excluding hydrogens is 176 g/mol. The van der Waals surface area contributed by atoms with Crippen LogP contribution in [0.15, 0.2) is 18.2 Å². The Morgan fingerprint density at radius 1 is 1.36 bits per heavy atom. The van der Waals surface area contributed by atoms with Crippen LogP contribution in [-0.4, -0.2) is 17.5 Å². The van der Waals surface area contributed by atoms with E-state index < -0.39 is 0 Å². The number of carbonyl (C=O) groups is 1. The highest BCUT2D eigenvalue weighted by Gasteiger charge is 2.18. The number of hydrogen-bond donors (Lipinski definition) is 1. The highest BCUT2D eigenvalue weighted by atomic mass is 16.2. The first kappa shape index (κ1) is 8.98. The second kappa shape index (κ2) is 3.65. The summed E-state index contributed by atoms with van der Waals surface area (Å²) in [5, 5.41) is 8.54. The van der Waals surface area contributed by atoms with Crippen molar-refractivity contribution < 1.29 is 9.90 Å². The molecule has 0 saturated heterocycles. The van der Waals surface area contributed by atoms with Gasteiger partial charge in [0.25, 0.3) is 0 Å². The van der Waals surface area contributed by atoms with Crippen molar-refractivity contribution in [2.75, 3.05) is 6.61 Å². The Hall–Kier alpha value is -1.59. The smallest absolute Gasteiger partial charge is 0.163 e. The normalized spacial score (nSPS) is 13.4. The number of ketones is 1. The fourth-order valence-corrected chi connectivity index (χ4v) is 1.67. The van der Waals surface area contributed by atoms with Crippen LogP contribution in [0, 0.1) is 11.8 Å². The van der Waals surface area contributed by atoms with Gasteiger partial charge in [-0.05, 0) is 30.2 Å². The summed E-state index contributed by atoms with van der Waals surface area (Å²) in [4.78, 5) is 11.3. The SMILES string of the molecule is O=C1CCc2cc(C#CCO)ccc21. The molecule has 0 unspecified atom stereocenters. The molecule has 1 aliphatic rings. The molecule has 0 atom stereocenters. The molecule has 0 fully saturated rings. The fraction of sp³-hybridized carbons (Fsp3) is 0.250. The number of aliphatic hydroxyl groups excluding tert-OH is 1. The van der Waals surface area contributed by atoms with Gasteiger partial charge in [0.05, 0.1) is 0 Å². The molecule has 2 nitrogen and oxygen atoms in total. The van der Waals surface area contributed by atoms with Gasteiger partial charge >= 0.3 is 0 Å². The number of rotatable bonds is 0. The summed E-state index contributed by atoms with van der Waals surface area (Å²) in [6, 6.07) is 5.58. The van der Waals surface area contributed by atoms with E-state index in [0.29, 0.717) is 6.42 Å². The van der Waals surface area contributed by atoms with Crippen LogP contribution in [0.25, 0.3) is 0 Å². The van der Waals surface area contributed by atoms with Gasteiger partial charge in [-0.1, -0.05) is 11.8 Å². The standard InChI is InChI=1S/C12H10O2/c13-7-1-2-9-3-5-11-10(8-9)4-6-12(11)14/h3,5,8,13H,4,6-7H2. The maximum Gasteiger partial charge on any atom is 0.163 e. The lowest BCUT2D eigenvalue weighted by Gasteiger charge is -1.97. The molecule has 0 aromatic heterocycles. The first-order valence-electron chi connectivity index (χ1n) is 4.57. The molecule has 1 aromatic rings. The zero-order valence-electron chi connectivity index (χ0n) is 7.71. The Kier molecular flexibility index (Phi) is 2.34. The molecule has 2 rings (SSSR count). The van der Waals surface area contributed by atoms with E-state index in [2.05, 4.69) is 11.8 Å². The minimum Gasteiger partial charge on any atom is -0.384 e. The van der Waals surface area contributed by atoms with Crippen molar-refractivity contribution in [2.24, 2.45) is 0 Å². The zero-order valence-corrected chi connectivity index (χ0v) is 7.71. The molecule has 0 spiro atoms. The average Bonchev–Trinajstić information content (AvgIpc) is 2.57. The molecule has 2 heteroatoms. The van der Waals surface area contributed by atoms with Gasteiger partial charge in [-0.25, -0.2) is 0 Å². The molecule has 0 heterocycles. The van der Waals surface area contributed by atoms with Gasteiger partial charge in [0.2, 0.25) is 0 Å². The summed E-state index contributed by atoms with van der Waals surface area (Å²) >= 11 is 0. The average molecular weight is 186 g/mol. The van der Waals surface area contributed by atoms with Crippen molar-refractivity contribution >= 4 is 5.78 Å². The molecule has 0 bridgehead atoms. The van der Waals surface area contributed by atoms with Crippen molar-refractivity contribution in [1.82, 2.24) is 0 Å². The molecule has 0 saturated carbocycles. The molecule has 70 valence electrons. The van der Waals surface area contributed by atoms with Crippen LogP contribution in [0.5, 0.6) is 0 Å². The lowest BCUT2D eigenvalue weighted by atomic mass is 10.1. The van der Waals surface area contributed by atoms with Crippen molar-refractivity contribution in [3.63, 3.8) is 0 Å². The van der Waals surface area contributed by atoms with Gasteiger partial charge in [-0.2, -0.15) is 0 Å². The Bertz CT molecular complexity index is 435. The van der Waals surface area contributed by atoms with Crippen LogP contribution in [0.4, 0.5) is 0 Å². The van der Waals surface area contributed by atoms with Crippen molar-refractivity contribution in [3.05, 3.63) is 34.9 Å². The third-order valence-corrected chi connectivity index (χ3v) is 2.34. The third-order valence-electron chi connectivity index (χ3n) is 2.34. The lowest BCUT2D eigenvalue weighted by molar-refractivity contribution is 0.0994. The summed E-state index contributed by atoms with van der Waals surface area (Å²) in [5.41, 5.74) is 2.78. The van der Waals surface area contributed by atoms with E-state index in [1.807, 2.05) is 18.2 Å². The topological polar surface area (TPSA) is 37.3 Å². The second-order valence-electron chi connectivity index (χ2n) is 3.25. The van der Waals surface area contributed by atoms with E-state index in [4.69, 9.17) is 5.11 Å². The first-order valence-corrected chi connectivity index (χ1v) is 4.57. The summed E-state index contributed by atoms with van der Waals surface area (Å²) in [5.74, 6) is 5.64.